The number of halogens is 1. The van der Waals surface area contributed by atoms with E-state index < -0.39 is 24.1 Å². The van der Waals surface area contributed by atoms with Gasteiger partial charge in [0.25, 0.3) is 0 Å². The molecule has 0 spiro atoms. The second kappa shape index (κ2) is 5.09. The topological polar surface area (TPSA) is 57.6 Å². The first-order valence-corrected chi connectivity index (χ1v) is 5.24. The molecule has 1 amide bonds. The first kappa shape index (κ1) is 11.9. The van der Waals surface area contributed by atoms with Crippen molar-refractivity contribution in [3.05, 3.63) is 0 Å². The fraction of sp³-hybridized carbons (Fsp3) is 0.800. The van der Waals surface area contributed by atoms with Crippen LogP contribution in [0, 0.1) is 0 Å². The van der Waals surface area contributed by atoms with Crippen molar-refractivity contribution in [1.29, 1.82) is 0 Å². The number of Topliss-reactive ketones (excluding diaryl/α,β-unsaturated/α-hetero) is 1. The summed E-state index contributed by atoms with van der Waals surface area (Å²) < 4.78 is 13.5. The fourth-order valence-electron chi connectivity index (χ4n) is 1.86. The van der Waals surface area contributed by atoms with Crippen LogP contribution in [0.1, 0.15) is 32.6 Å². The Kier molecular flexibility index (Phi) is 4.05. The van der Waals surface area contributed by atoms with Crippen LogP contribution in [-0.4, -0.2) is 40.6 Å². The van der Waals surface area contributed by atoms with E-state index in [0.29, 0.717) is 6.42 Å². The van der Waals surface area contributed by atoms with E-state index in [0.717, 1.165) is 17.7 Å². The summed E-state index contributed by atoms with van der Waals surface area (Å²) in [5, 5.41) is 8.86. The zero-order valence-electron chi connectivity index (χ0n) is 8.78. The molecule has 1 aliphatic heterocycles. The average Bonchev–Trinajstić information content (AvgIpc) is 2.19. The predicted octanol–water partition coefficient (Wildman–Crippen LogP) is 1.84. The molecule has 0 saturated carbocycles. The molecule has 1 aliphatic rings. The van der Waals surface area contributed by atoms with Gasteiger partial charge in [0.1, 0.15) is 0 Å². The fourth-order valence-corrected chi connectivity index (χ4v) is 1.86. The molecule has 1 saturated heterocycles. The number of likely N-dealkylation sites (tertiary alicyclic amines) is 1. The number of unbranched alkanes of at least 4 members (excludes halogenated alkanes) is 1. The van der Waals surface area contributed by atoms with Gasteiger partial charge in [-0.05, 0) is 6.42 Å². The summed E-state index contributed by atoms with van der Waals surface area (Å²) in [5.74, 6) is -0.464. The number of amides is 1. The average molecular weight is 217 g/mol. The van der Waals surface area contributed by atoms with Gasteiger partial charge in [0.15, 0.2) is 12.0 Å². The molecule has 86 valence electrons. The smallest absolute Gasteiger partial charge is 0.407 e. The number of carbonyl (C=O) groups is 2. The lowest BCUT2D eigenvalue weighted by molar-refractivity contribution is -0.129. The highest BCUT2D eigenvalue weighted by molar-refractivity contribution is 5.86. The minimum Gasteiger partial charge on any atom is -0.465 e. The third-order valence-corrected chi connectivity index (χ3v) is 2.74. The molecule has 2 atom stereocenters. The largest absolute Gasteiger partial charge is 0.465 e. The van der Waals surface area contributed by atoms with Crippen LogP contribution in [0.15, 0.2) is 0 Å². The van der Waals surface area contributed by atoms with Gasteiger partial charge in [-0.3, -0.25) is 4.79 Å². The van der Waals surface area contributed by atoms with Crippen LogP contribution in [-0.2, 0) is 4.79 Å². The molecule has 0 bridgehead atoms. The molecular weight excluding hydrogens is 201 g/mol. The number of carbonyl (C=O) groups excluding carboxylic acids is 1. The first-order chi connectivity index (χ1) is 7.07. The molecule has 5 heteroatoms. The van der Waals surface area contributed by atoms with Crippen molar-refractivity contribution in [1.82, 2.24) is 4.90 Å². The summed E-state index contributed by atoms with van der Waals surface area (Å²) in [4.78, 5) is 23.0. The molecule has 0 radical (unpaired) electrons. The number of rotatable bonds is 3. The molecule has 4 nitrogen and oxygen atoms in total. The summed E-state index contributed by atoms with van der Waals surface area (Å²) in [7, 11) is 0. The Morgan fingerprint density at radius 3 is 2.87 bits per heavy atom. The van der Waals surface area contributed by atoms with Crippen molar-refractivity contribution in [3.63, 3.8) is 0 Å². The monoisotopic (exact) mass is 217 g/mol. The van der Waals surface area contributed by atoms with Crippen LogP contribution >= 0.6 is 0 Å². The molecule has 15 heavy (non-hydrogen) atoms. The lowest BCUT2D eigenvalue weighted by Crippen LogP contribution is -2.52. The molecule has 0 aromatic heterocycles. The van der Waals surface area contributed by atoms with Crippen molar-refractivity contribution in [2.75, 3.05) is 6.54 Å². The standard InChI is InChI=1S/C10H16FNO3/c1-2-3-4-7-9(11)8(13)5-6-12(7)10(14)15/h7,9H,2-6H2,1H3,(H,14,15). The van der Waals surface area contributed by atoms with Crippen molar-refractivity contribution in [3.8, 4) is 0 Å². The maximum atomic E-state index is 13.5. The highest BCUT2D eigenvalue weighted by Crippen LogP contribution is 2.22. The van der Waals surface area contributed by atoms with E-state index in [2.05, 4.69) is 0 Å². The molecule has 1 N–H and O–H groups in total. The Labute approximate surface area is 88.1 Å². The van der Waals surface area contributed by atoms with Gasteiger partial charge in [0.05, 0.1) is 6.04 Å². The van der Waals surface area contributed by atoms with Gasteiger partial charge in [-0.1, -0.05) is 19.8 Å². The summed E-state index contributed by atoms with van der Waals surface area (Å²) >= 11 is 0. The number of hydrogen-bond donors (Lipinski definition) is 1. The SMILES string of the molecule is CCCCC1C(F)C(=O)CCN1C(=O)O. The third kappa shape index (κ3) is 2.67. The van der Waals surface area contributed by atoms with E-state index in [1.54, 1.807) is 0 Å². The summed E-state index contributed by atoms with van der Waals surface area (Å²) in [5.41, 5.74) is 0. The Morgan fingerprint density at radius 2 is 2.33 bits per heavy atom. The van der Waals surface area contributed by atoms with Crippen molar-refractivity contribution < 1.29 is 19.1 Å². The van der Waals surface area contributed by atoms with Crippen LogP contribution < -0.4 is 0 Å². The minimum absolute atomic E-state index is 0.00388. The quantitative estimate of drug-likeness (QED) is 0.784. The van der Waals surface area contributed by atoms with E-state index in [1.165, 1.54) is 0 Å². The van der Waals surface area contributed by atoms with E-state index >= 15 is 0 Å². The van der Waals surface area contributed by atoms with Crippen molar-refractivity contribution in [2.45, 2.75) is 44.8 Å². The van der Waals surface area contributed by atoms with E-state index in [1.807, 2.05) is 6.92 Å². The highest BCUT2D eigenvalue weighted by Gasteiger charge is 2.39. The molecule has 0 aliphatic carbocycles. The number of hydrogen-bond acceptors (Lipinski definition) is 2. The lowest BCUT2D eigenvalue weighted by atomic mass is 9.95. The van der Waals surface area contributed by atoms with E-state index in [-0.39, 0.29) is 13.0 Å². The third-order valence-electron chi connectivity index (χ3n) is 2.74. The molecular formula is C10H16FNO3. The second-order valence-corrected chi connectivity index (χ2v) is 3.80. The van der Waals surface area contributed by atoms with Gasteiger partial charge >= 0.3 is 6.09 Å². The highest BCUT2D eigenvalue weighted by atomic mass is 19.1. The molecule has 1 rings (SSSR count). The number of piperidine rings is 1. The van der Waals surface area contributed by atoms with Gasteiger partial charge < -0.3 is 10.0 Å². The lowest BCUT2D eigenvalue weighted by Gasteiger charge is -2.35. The normalized spacial score (nSPS) is 26.8. The minimum atomic E-state index is -1.64. The molecule has 1 fully saturated rings. The van der Waals surface area contributed by atoms with Crippen LogP contribution in [0.25, 0.3) is 0 Å². The Morgan fingerprint density at radius 1 is 1.67 bits per heavy atom. The van der Waals surface area contributed by atoms with Gasteiger partial charge in [0.2, 0.25) is 0 Å². The molecule has 2 unspecified atom stereocenters. The molecule has 1 heterocycles. The van der Waals surface area contributed by atoms with Gasteiger partial charge in [-0.25, -0.2) is 9.18 Å². The van der Waals surface area contributed by atoms with E-state index in [4.69, 9.17) is 5.11 Å². The predicted molar refractivity (Wildman–Crippen MR) is 52.6 cm³/mol. The van der Waals surface area contributed by atoms with Gasteiger partial charge in [0, 0.05) is 13.0 Å². The van der Waals surface area contributed by atoms with Crippen LogP contribution in [0.4, 0.5) is 9.18 Å². The van der Waals surface area contributed by atoms with Gasteiger partial charge in [-0.2, -0.15) is 0 Å². The van der Waals surface area contributed by atoms with E-state index in [9.17, 15) is 14.0 Å². The number of ketones is 1. The maximum absolute atomic E-state index is 13.5. The maximum Gasteiger partial charge on any atom is 0.407 e. The first-order valence-electron chi connectivity index (χ1n) is 5.24. The summed E-state index contributed by atoms with van der Waals surface area (Å²) in [6.45, 7) is 2.08. The number of carboxylic acid groups (broad SMARTS) is 1. The Balaban J connectivity index is 2.70. The zero-order chi connectivity index (χ0) is 11.4. The Hall–Kier alpha value is -1.13. The molecule has 0 aromatic rings. The van der Waals surface area contributed by atoms with Crippen molar-refractivity contribution >= 4 is 11.9 Å². The van der Waals surface area contributed by atoms with Crippen molar-refractivity contribution in [2.24, 2.45) is 0 Å². The zero-order valence-corrected chi connectivity index (χ0v) is 8.78. The number of nitrogens with zero attached hydrogens (tertiary/aromatic N) is 1. The number of alkyl halides is 1. The summed E-state index contributed by atoms with van der Waals surface area (Å²) in [6, 6.07) is -0.774. The van der Waals surface area contributed by atoms with Gasteiger partial charge in [-0.15, -0.1) is 0 Å². The van der Waals surface area contributed by atoms with Crippen LogP contribution in [0.2, 0.25) is 0 Å². The second-order valence-electron chi connectivity index (χ2n) is 3.80. The molecule has 0 aromatic carbocycles. The summed E-state index contributed by atoms with van der Waals surface area (Å²) in [6.07, 6.45) is -0.744. The Bertz CT molecular complexity index is 257. The van der Waals surface area contributed by atoms with Crippen LogP contribution in [0.3, 0.4) is 0 Å². The van der Waals surface area contributed by atoms with Crippen LogP contribution in [0.5, 0.6) is 0 Å².